The minimum absolute atomic E-state index is 0.0455. The average Bonchev–Trinajstić information content (AvgIpc) is 2.43. The molecule has 0 saturated carbocycles. The van der Waals surface area contributed by atoms with E-state index in [9.17, 15) is 4.79 Å². The Bertz CT molecular complexity index is 390. The van der Waals surface area contributed by atoms with Gasteiger partial charge in [-0.1, -0.05) is 27.5 Å². The molecule has 2 rings (SSSR count). The van der Waals surface area contributed by atoms with Crippen molar-refractivity contribution in [3.05, 3.63) is 27.7 Å². The summed E-state index contributed by atoms with van der Waals surface area (Å²) in [4.78, 5) is 13.3. The van der Waals surface area contributed by atoms with Crippen molar-refractivity contribution in [3.8, 4) is 0 Å². The zero-order chi connectivity index (χ0) is 11.0. The Labute approximate surface area is 106 Å². The molecular weight excluding hydrogens is 301 g/mol. The van der Waals surface area contributed by atoms with Gasteiger partial charge in [-0.2, -0.15) is 0 Å². The summed E-state index contributed by atoms with van der Waals surface area (Å²) in [5, 5.41) is 0.500. The second kappa shape index (κ2) is 4.32. The highest BCUT2D eigenvalue weighted by molar-refractivity contribution is 9.10. The summed E-state index contributed by atoms with van der Waals surface area (Å²) in [6.07, 6.45) is 0.395. The molecule has 1 aliphatic heterocycles. The molecule has 1 saturated heterocycles. The fraction of sp³-hybridized carbons (Fsp3) is 0.300. The van der Waals surface area contributed by atoms with E-state index in [-0.39, 0.29) is 11.3 Å². The number of anilines is 1. The van der Waals surface area contributed by atoms with Gasteiger partial charge in [0.05, 0.1) is 5.38 Å². The number of halogens is 3. The van der Waals surface area contributed by atoms with Crippen molar-refractivity contribution in [2.24, 2.45) is 0 Å². The SMILES string of the molecule is O=C1CC(Cl)CN1c1cc(Cl)cc(Br)c1. The van der Waals surface area contributed by atoms with E-state index >= 15 is 0 Å². The third-order valence-corrected chi connectivity index (χ3v) is 3.21. The van der Waals surface area contributed by atoms with Crippen LogP contribution in [0.3, 0.4) is 0 Å². The molecule has 1 unspecified atom stereocenters. The zero-order valence-electron chi connectivity index (χ0n) is 7.71. The standard InChI is InChI=1S/C10H8BrCl2NO/c11-6-1-7(12)3-9(2-6)14-5-8(13)4-10(14)15/h1-3,8H,4-5H2. The fourth-order valence-corrected chi connectivity index (χ4v) is 2.72. The Morgan fingerprint density at radius 2 is 2.13 bits per heavy atom. The molecule has 1 amide bonds. The van der Waals surface area contributed by atoms with E-state index in [2.05, 4.69) is 15.9 Å². The zero-order valence-corrected chi connectivity index (χ0v) is 10.8. The first-order valence-electron chi connectivity index (χ1n) is 4.47. The van der Waals surface area contributed by atoms with Crippen LogP contribution in [0.2, 0.25) is 5.02 Å². The summed E-state index contributed by atoms with van der Waals surface area (Å²) in [6.45, 7) is 0.549. The molecule has 15 heavy (non-hydrogen) atoms. The van der Waals surface area contributed by atoms with Crippen molar-refractivity contribution in [1.82, 2.24) is 0 Å². The molecule has 1 aliphatic rings. The van der Waals surface area contributed by atoms with Crippen LogP contribution >= 0.6 is 39.1 Å². The lowest BCUT2D eigenvalue weighted by Gasteiger charge is -2.16. The highest BCUT2D eigenvalue weighted by atomic mass is 79.9. The average molecular weight is 309 g/mol. The van der Waals surface area contributed by atoms with Crippen LogP contribution in [-0.4, -0.2) is 17.8 Å². The second-order valence-corrected chi connectivity index (χ2v) is 5.40. The molecule has 5 heteroatoms. The Kier molecular flexibility index (Phi) is 3.24. The van der Waals surface area contributed by atoms with Gasteiger partial charge in [0.25, 0.3) is 0 Å². The van der Waals surface area contributed by atoms with Gasteiger partial charge in [-0.25, -0.2) is 0 Å². The first-order valence-corrected chi connectivity index (χ1v) is 6.07. The van der Waals surface area contributed by atoms with Crippen LogP contribution in [0.5, 0.6) is 0 Å². The number of carbonyl (C=O) groups is 1. The summed E-state index contributed by atoms with van der Waals surface area (Å²) in [5.41, 5.74) is 0.794. The molecule has 80 valence electrons. The monoisotopic (exact) mass is 307 g/mol. The van der Waals surface area contributed by atoms with Gasteiger partial charge in [-0.05, 0) is 18.2 Å². The summed E-state index contributed by atoms with van der Waals surface area (Å²) in [5.74, 6) is 0.0455. The van der Waals surface area contributed by atoms with E-state index in [1.165, 1.54) is 0 Å². The van der Waals surface area contributed by atoms with Gasteiger partial charge in [-0.3, -0.25) is 4.79 Å². The molecule has 1 heterocycles. The number of benzene rings is 1. The highest BCUT2D eigenvalue weighted by Crippen LogP contribution is 2.29. The van der Waals surface area contributed by atoms with Crippen molar-refractivity contribution in [3.63, 3.8) is 0 Å². The molecule has 0 radical (unpaired) electrons. The Morgan fingerprint density at radius 1 is 1.40 bits per heavy atom. The van der Waals surface area contributed by atoms with Crippen molar-refractivity contribution < 1.29 is 4.79 Å². The van der Waals surface area contributed by atoms with Gasteiger partial charge >= 0.3 is 0 Å². The fourth-order valence-electron chi connectivity index (χ4n) is 1.61. The number of hydrogen-bond donors (Lipinski definition) is 0. The lowest BCUT2D eigenvalue weighted by Crippen LogP contribution is -2.24. The maximum atomic E-state index is 11.6. The minimum atomic E-state index is -0.102. The largest absolute Gasteiger partial charge is 0.311 e. The quantitative estimate of drug-likeness (QED) is 0.728. The predicted octanol–water partition coefficient (Wildman–Crippen LogP) is 3.45. The van der Waals surface area contributed by atoms with Gasteiger partial charge in [0.1, 0.15) is 0 Å². The first kappa shape index (κ1) is 11.2. The molecule has 0 aliphatic carbocycles. The summed E-state index contributed by atoms with van der Waals surface area (Å²) in [6, 6.07) is 5.40. The molecule has 0 bridgehead atoms. The molecule has 1 aromatic carbocycles. The van der Waals surface area contributed by atoms with Crippen molar-refractivity contribution in [1.29, 1.82) is 0 Å². The number of nitrogens with zero attached hydrogens (tertiary/aromatic N) is 1. The van der Waals surface area contributed by atoms with Gasteiger partial charge in [0.2, 0.25) is 5.91 Å². The van der Waals surface area contributed by atoms with E-state index in [1.54, 1.807) is 17.0 Å². The molecule has 0 aromatic heterocycles. The number of rotatable bonds is 1. The van der Waals surface area contributed by atoms with Crippen molar-refractivity contribution in [2.75, 3.05) is 11.4 Å². The van der Waals surface area contributed by atoms with E-state index in [0.29, 0.717) is 18.0 Å². The number of amides is 1. The van der Waals surface area contributed by atoms with Crippen LogP contribution in [0.15, 0.2) is 22.7 Å². The maximum absolute atomic E-state index is 11.6. The highest BCUT2D eigenvalue weighted by Gasteiger charge is 2.29. The predicted molar refractivity (Wildman–Crippen MR) is 65.8 cm³/mol. The summed E-state index contributed by atoms with van der Waals surface area (Å²) < 4.78 is 0.857. The number of hydrogen-bond acceptors (Lipinski definition) is 1. The minimum Gasteiger partial charge on any atom is -0.311 e. The Hall–Kier alpha value is -0.250. The van der Waals surface area contributed by atoms with Crippen LogP contribution < -0.4 is 4.90 Å². The molecule has 0 N–H and O–H groups in total. The van der Waals surface area contributed by atoms with Crippen LogP contribution in [0.4, 0.5) is 5.69 Å². The molecular formula is C10H8BrCl2NO. The smallest absolute Gasteiger partial charge is 0.228 e. The molecule has 0 spiro atoms. The van der Waals surface area contributed by atoms with E-state index in [1.807, 2.05) is 6.07 Å². The first-order chi connectivity index (χ1) is 7.06. The lowest BCUT2D eigenvalue weighted by atomic mass is 10.3. The number of carbonyl (C=O) groups excluding carboxylic acids is 1. The Balaban J connectivity index is 2.33. The third kappa shape index (κ3) is 2.47. The van der Waals surface area contributed by atoms with Crippen LogP contribution in [0.1, 0.15) is 6.42 Å². The lowest BCUT2D eigenvalue weighted by molar-refractivity contribution is -0.117. The summed E-state index contributed by atoms with van der Waals surface area (Å²) >= 11 is 15.2. The van der Waals surface area contributed by atoms with Crippen LogP contribution in [0, 0.1) is 0 Å². The Morgan fingerprint density at radius 3 is 2.67 bits per heavy atom. The van der Waals surface area contributed by atoms with Crippen molar-refractivity contribution >= 4 is 50.7 Å². The van der Waals surface area contributed by atoms with E-state index in [4.69, 9.17) is 23.2 Å². The molecule has 1 fully saturated rings. The molecule has 1 atom stereocenters. The van der Waals surface area contributed by atoms with E-state index in [0.717, 1.165) is 10.2 Å². The molecule has 1 aromatic rings. The summed E-state index contributed by atoms with van der Waals surface area (Å²) in [7, 11) is 0. The van der Waals surface area contributed by atoms with Crippen molar-refractivity contribution in [2.45, 2.75) is 11.8 Å². The maximum Gasteiger partial charge on any atom is 0.228 e. The normalized spacial score (nSPS) is 21.1. The van der Waals surface area contributed by atoms with Gasteiger partial charge in [0, 0.05) is 28.1 Å². The topological polar surface area (TPSA) is 20.3 Å². The molecule has 2 nitrogen and oxygen atoms in total. The van der Waals surface area contributed by atoms with Crippen LogP contribution in [-0.2, 0) is 4.79 Å². The third-order valence-electron chi connectivity index (χ3n) is 2.24. The van der Waals surface area contributed by atoms with E-state index < -0.39 is 0 Å². The van der Waals surface area contributed by atoms with Gasteiger partial charge in [-0.15, -0.1) is 11.6 Å². The number of alkyl halides is 1. The van der Waals surface area contributed by atoms with Gasteiger partial charge < -0.3 is 4.90 Å². The van der Waals surface area contributed by atoms with Gasteiger partial charge in [0.15, 0.2) is 0 Å². The second-order valence-electron chi connectivity index (χ2n) is 3.43. The van der Waals surface area contributed by atoms with Crippen LogP contribution in [0.25, 0.3) is 0 Å².